The van der Waals surface area contributed by atoms with Gasteiger partial charge >= 0.3 is 0 Å². The van der Waals surface area contributed by atoms with Crippen LogP contribution >= 0.6 is 11.6 Å². The number of fused-ring (bicyclic) bond motifs is 1. The van der Waals surface area contributed by atoms with E-state index in [2.05, 4.69) is 0 Å². The molecule has 4 nitrogen and oxygen atoms in total. The molecule has 1 aliphatic heterocycles. The molecule has 5 heteroatoms. The van der Waals surface area contributed by atoms with Gasteiger partial charge in [-0.1, -0.05) is 11.6 Å². The lowest BCUT2D eigenvalue weighted by atomic mass is 10.1. The number of nitrogens with two attached hydrogens (primary N) is 1. The van der Waals surface area contributed by atoms with E-state index >= 15 is 0 Å². The number of nitrogen functional groups attached to an aromatic ring is 1. The maximum absolute atomic E-state index is 11.4. The second-order valence-electron chi connectivity index (χ2n) is 3.49. The van der Waals surface area contributed by atoms with Gasteiger partial charge in [0.1, 0.15) is 0 Å². The molecule has 0 saturated carbocycles. The highest BCUT2D eigenvalue weighted by Crippen LogP contribution is 2.42. The molecule has 0 atom stereocenters. The predicted molar refractivity (Wildman–Crippen MR) is 59.5 cm³/mol. The SMILES string of the molecule is Cc1c(N)cc(Cl)c2c1N(C)C(=O)CO2. The van der Waals surface area contributed by atoms with E-state index in [1.165, 1.54) is 4.90 Å². The van der Waals surface area contributed by atoms with Crippen molar-refractivity contribution in [3.8, 4) is 5.75 Å². The molecular formula is C10H11ClN2O2. The third-order valence-corrected chi connectivity index (χ3v) is 2.83. The molecule has 0 fully saturated rings. The number of halogens is 1. The van der Waals surface area contributed by atoms with Gasteiger partial charge in [-0.25, -0.2) is 0 Å². The van der Waals surface area contributed by atoms with Gasteiger partial charge in [0.05, 0.1) is 10.7 Å². The predicted octanol–water partition coefficient (Wildman–Crippen LogP) is 1.59. The number of hydrogen-bond acceptors (Lipinski definition) is 3. The Kier molecular flexibility index (Phi) is 2.23. The number of anilines is 2. The first kappa shape index (κ1) is 10.1. The van der Waals surface area contributed by atoms with Crippen LogP contribution in [-0.2, 0) is 4.79 Å². The summed E-state index contributed by atoms with van der Waals surface area (Å²) in [5.41, 5.74) is 7.81. The van der Waals surface area contributed by atoms with Crippen molar-refractivity contribution in [2.45, 2.75) is 6.92 Å². The van der Waals surface area contributed by atoms with Gasteiger partial charge in [0, 0.05) is 12.7 Å². The molecule has 0 spiro atoms. The molecule has 1 aromatic carbocycles. The van der Waals surface area contributed by atoms with E-state index in [4.69, 9.17) is 22.1 Å². The van der Waals surface area contributed by atoms with Crippen LogP contribution < -0.4 is 15.4 Å². The van der Waals surface area contributed by atoms with Crippen LogP contribution in [0.2, 0.25) is 5.02 Å². The summed E-state index contributed by atoms with van der Waals surface area (Å²) >= 11 is 5.99. The summed E-state index contributed by atoms with van der Waals surface area (Å²) in [5, 5.41) is 0.437. The van der Waals surface area contributed by atoms with Gasteiger partial charge in [0.15, 0.2) is 12.4 Å². The highest BCUT2D eigenvalue weighted by Gasteiger charge is 2.27. The first-order valence-electron chi connectivity index (χ1n) is 4.50. The average molecular weight is 227 g/mol. The largest absolute Gasteiger partial charge is 0.480 e. The highest BCUT2D eigenvalue weighted by atomic mass is 35.5. The van der Waals surface area contributed by atoms with Crippen molar-refractivity contribution in [2.24, 2.45) is 0 Å². The lowest BCUT2D eigenvalue weighted by Crippen LogP contribution is -2.36. The van der Waals surface area contributed by atoms with Crippen LogP contribution in [0.4, 0.5) is 11.4 Å². The number of nitrogens with zero attached hydrogens (tertiary/aromatic N) is 1. The zero-order chi connectivity index (χ0) is 11.2. The van der Waals surface area contributed by atoms with E-state index in [-0.39, 0.29) is 12.5 Å². The third-order valence-electron chi connectivity index (χ3n) is 2.55. The van der Waals surface area contributed by atoms with E-state index in [1.54, 1.807) is 13.1 Å². The van der Waals surface area contributed by atoms with Gasteiger partial charge in [-0.2, -0.15) is 0 Å². The maximum Gasteiger partial charge on any atom is 0.264 e. The molecule has 1 aromatic rings. The molecule has 0 unspecified atom stereocenters. The molecule has 1 heterocycles. The van der Waals surface area contributed by atoms with Crippen molar-refractivity contribution < 1.29 is 9.53 Å². The van der Waals surface area contributed by atoms with Gasteiger partial charge in [0.25, 0.3) is 5.91 Å². The summed E-state index contributed by atoms with van der Waals surface area (Å²) < 4.78 is 5.29. The third kappa shape index (κ3) is 1.41. The number of amides is 1. The molecule has 2 rings (SSSR count). The highest BCUT2D eigenvalue weighted by molar-refractivity contribution is 6.33. The van der Waals surface area contributed by atoms with Crippen LogP contribution in [0.3, 0.4) is 0 Å². The number of hydrogen-bond donors (Lipinski definition) is 1. The van der Waals surface area contributed by atoms with E-state index in [9.17, 15) is 4.79 Å². The Morgan fingerprint density at radius 3 is 2.93 bits per heavy atom. The minimum Gasteiger partial charge on any atom is -0.480 e. The maximum atomic E-state index is 11.4. The molecule has 80 valence electrons. The molecular weight excluding hydrogens is 216 g/mol. The summed E-state index contributed by atoms with van der Waals surface area (Å²) in [4.78, 5) is 13.0. The molecule has 1 amide bonds. The van der Waals surface area contributed by atoms with Crippen LogP contribution in [0, 0.1) is 6.92 Å². The Bertz CT molecular complexity index is 446. The Labute approximate surface area is 92.6 Å². The molecule has 0 saturated heterocycles. The molecule has 0 aliphatic carbocycles. The average Bonchev–Trinajstić information content (AvgIpc) is 2.19. The number of carbonyl (C=O) groups excluding carboxylic acids is 1. The smallest absolute Gasteiger partial charge is 0.264 e. The van der Waals surface area contributed by atoms with E-state index < -0.39 is 0 Å². The Balaban J connectivity index is 2.70. The molecule has 2 N–H and O–H groups in total. The quantitative estimate of drug-likeness (QED) is 0.684. The van der Waals surface area contributed by atoms with E-state index in [1.807, 2.05) is 6.92 Å². The number of rotatable bonds is 0. The monoisotopic (exact) mass is 226 g/mol. The summed E-state index contributed by atoms with van der Waals surface area (Å²) in [7, 11) is 1.69. The van der Waals surface area contributed by atoms with Gasteiger partial charge in [-0.15, -0.1) is 0 Å². The van der Waals surface area contributed by atoms with Crippen molar-refractivity contribution in [1.29, 1.82) is 0 Å². The van der Waals surface area contributed by atoms with E-state index in [0.717, 1.165) is 5.56 Å². The lowest BCUT2D eigenvalue weighted by molar-refractivity contribution is -0.120. The van der Waals surface area contributed by atoms with Crippen LogP contribution in [0.5, 0.6) is 5.75 Å². The molecule has 1 aliphatic rings. The fraction of sp³-hybridized carbons (Fsp3) is 0.300. The second-order valence-corrected chi connectivity index (χ2v) is 3.90. The standard InChI is InChI=1S/C10H11ClN2O2/c1-5-7(12)3-6(11)10-9(5)13(2)8(14)4-15-10/h3H,4,12H2,1-2H3. The fourth-order valence-electron chi connectivity index (χ4n) is 1.63. The number of carbonyl (C=O) groups is 1. The number of benzene rings is 1. The summed E-state index contributed by atoms with van der Waals surface area (Å²) in [6.45, 7) is 1.86. The fourth-order valence-corrected chi connectivity index (χ4v) is 1.89. The first-order chi connectivity index (χ1) is 7.02. The summed E-state index contributed by atoms with van der Waals surface area (Å²) in [6, 6.07) is 1.64. The topological polar surface area (TPSA) is 55.6 Å². The number of likely N-dealkylation sites (N-methyl/N-ethyl adjacent to an activating group) is 1. The second kappa shape index (κ2) is 3.31. The van der Waals surface area contributed by atoms with Crippen molar-refractivity contribution in [3.05, 3.63) is 16.7 Å². The number of ether oxygens (including phenoxy) is 1. The molecule has 0 radical (unpaired) electrons. The minimum atomic E-state index is -0.104. The van der Waals surface area contributed by atoms with Gasteiger partial charge < -0.3 is 15.4 Å². The zero-order valence-corrected chi connectivity index (χ0v) is 9.26. The molecule has 0 aromatic heterocycles. The van der Waals surface area contributed by atoms with E-state index in [0.29, 0.717) is 22.1 Å². The van der Waals surface area contributed by atoms with Gasteiger partial charge in [-0.3, -0.25) is 4.79 Å². The Morgan fingerprint density at radius 2 is 2.27 bits per heavy atom. The van der Waals surface area contributed by atoms with Crippen molar-refractivity contribution >= 4 is 28.9 Å². The Hall–Kier alpha value is -1.42. The van der Waals surface area contributed by atoms with Crippen molar-refractivity contribution in [1.82, 2.24) is 0 Å². The molecule has 0 bridgehead atoms. The van der Waals surface area contributed by atoms with Crippen LogP contribution in [0.25, 0.3) is 0 Å². The van der Waals surface area contributed by atoms with Gasteiger partial charge in [0.2, 0.25) is 0 Å². The lowest BCUT2D eigenvalue weighted by Gasteiger charge is -2.28. The zero-order valence-electron chi connectivity index (χ0n) is 8.50. The molecule has 15 heavy (non-hydrogen) atoms. The van der Waals surface area contributed by atoms with Crippen LogP contribution in [0.15, 0.2) is 6.07 Å². The van der Waals surface area contributed by atoms with Gasteiger partial charge in [-0.05, 0) is 18.6 Å². The summed E-state index contributed by atoms with van der Waals surface area (Å²) in [5.74, 6) is 0.428. The Morgan fingerprint density at radius 1 is 1.60 bits per heavy atom. The van der Waals surface area contributed by atoms with Crippen LogP contribution in [0.1, 0.15) is 5.56 Å². The van der Waals surface area contributed by atoms with Crippen molar-refractivity contribution in [2.75, 3.05) is 24.3 Å². The summed E-state index contributed by atoms with van der Waals surface area (Å²) in [6.07, 6.45) is 0. The first-order valence-corrected chi connectivity index (χ1v) is 4.88. The van der Waals surface area contributed by atoms with Crippen molar-refractivity contribution in [3.63, 3.8) is 0 Å². The normalized spacial score (nSPS) is 14.9. The van der Waals surface area contributed by atoms with Crippen LogP contribution in [-0.4, -0.2) is 19.6 Å². The minimum absolute atomic E-state index is 0.0204.